The summed E-state index contributed by atoms with van der Waals surface area (Å²) < 4.78 is 2.47. The number of fused-ring (bicyclic) bond motifs is 1. The fraction of sp³-hybridized carbons (Fsp3) is 0.208. The number of hydrogen-bond acceptors (Lipinski definition) is 5. The highest BCUT2D eigenvalue weighted by Gasteiger charge is 2.13. The van der Waals surface area contributed by atoms with E-state index in [0.717, 1.165) is 33.4 Å². The first-order valence-corrected chi connectivity index (χ1v) is 10.8. The van der Waals surface area contributed by atoms with Crippen molar-refractivity contribution in [1.29, 1.82) is 0 Å². The molecule has 3 aromatic heterocycles. The molecule has 29 heavy (non-hydrogen) atoms. The second-order valence-corrected chi connectivity index (χ2v) is 8.44. The molecule has 0 aliphatic carbocycles. The van der Waals surface area contributed by atoms with Crippen LogP contribution in [-0.2, 0) is 0 Å². The van der Waals surface area contributed by atoms with Crippen molar-refractivity contribution in [2.45, 2.75) is 24.2 Å². The molecule has 5 heteroatoms. The van der Waals surface area contributed by atoms with Crippen LogP contribution < -0.4 is 0 Å². The topological polar surface area (TPSA) is 41.9 Å². The van der Waals surface area contributed by atoms with Gasteiger partial charge in [0.15, 0.2) is 0 Å². The second-order valence-electron chi connectivity index (χ2n) is 7.27. The van der Waals surface area contributed by atoms with Crippen molar-refractivity contribution < 1.29 is 0 Å². The SMILES string of the molecule is c1cc(SN2CCCCC2)cc(-c2ccc3nccc(-c4ccncc4)c3n2)c1. The predicted octanol–water partition coefficient (Wildman–Crippen LogP) is 5.85. The Bertz CT molecular complexity index is 1120. The van der Waals surface area contributed by atoms with E-state index in [0.29, 0.717) is 0 Å². The third kappa shape index (κ3) is 4.02. The summed E-state index contributed by atoms with van der Waals surface area (Å²) in [5.41, 5.74) is 6.12. The van der Waals surface area contributed by atoms with Crippen LogP contribution in [0.1, 0.15) is 19.3 Å². The molecule has 144 valence electrons. The van der Waals surface area contributed by atoms with Gasteiger partial charge in [-0.3, -0.25) is 9.97 Å². The Labute approximate surface area is 175 Å². The average molecular weight is 399 g/mol. The molecular weight excluding hydrogens is 376 g/mol. The first-order chi connectivity index (χ1) is 14.4. The van der Waals surface area contributed by atoms with Crippen molar-refractivity contribution in [3.8, 4) is 22.4 Å². The van der Waals surface area contributed by atoms with E-state index in [2.05, 4.69) is 50.7 Å². The number of benzene rings is 1. The number of pyridine rings is 3. The molecule has 0 saturated carbocycles. The van der Waals surface area contributed by atoms with Gasteiger partial charge in [-0.2, -0.15) is 0 Å². The summed E-state index contributed by atoms with van der Waals surface area (Å²) in [5.74, 6) is 0. The summed E-state index contributed by atoms with van der Waals surface area (Å²) in [6, 6.07) is 18.9. The summed E-state index contributed by atoms with van der Waals surface area (Å²) in [6.07, 6.45) is 9.41. The van der Waals surface area contributed by atoms with Crippen LogP contribution in [0.5, 0.6) is 0 Å². The minimum atomic E-state index is 0.905. The molecular formula is C24H22N4S. The molecule has 0 N–H and O–H groups in total. The van der Waals surface area contributed by atoms with Gasteiger partial charge in [0.1, 0.15) is 0 Å². The largest absolute Gasteiger partial charge is 0.265 e. The van der Waals surface area contributed by atoms with Crippen LogP contribution in [0.4, 0.5) is 0 Å². The van der Waals surface area contributed by atoms with E-state index in [-0.39, 0.29) is 0 Å². The lowest BCUT2D eigenvalue weighted by Gasteiger charge is -2.25. The molecule has 0 radical (unpaired) electrons. The first-order valence-electron chi connectivity index (χ1n) is 10.1. The van der Waals surface area contributed by atoms with Gasteiger partial charge in [0.25, 0.3) is 0 Å². The third-order valence-corrected chi connectivity index (χ3v) is 6.34. The quantitative estimate of drug-likeness (QED) is 0.403. The van der Waals surface area contributed by atoms with Gasteiger partial charge < -0.3 is 0 Å². The second kappa shape index (κ2) is 8.31. The van der Waals surface area contributed by atoms with E-state index < -0.39 is 0 Å². The first kappa shape index (κ1) is 18.3. The maximum absolute atomic E-state index is 5.00. The van der Waals surface area contributed by atoms with Gasteiger partial charge in [-0.15, -0.1) is 0 Å². The molecule has 1 aliphatic rings. The Morgan fingerprint density at radius 3 is 2.52 bits per heavy atom. The van der Waals surface area contributed by atoms with Gasteiger partial charge in [0, 0.05) is 47.7 Å². The smallest absolute Gasteiger partial charge is 0.0972 e. The highest BCUT2D eigenvalue weighted by atomic mass is 32.2. The van der Waals surface area contributed by atoms with Crippen LogP contribution in [0.3, 0.4) is 0 Å². The van der Waals surface area contributed by atoms with Gasteiger partial charge >= 0.3 is 0 Å². The van der Waals surface area contributed by atoms with E-state index in [1.807, 2.05) is 48.7 Å². The Morgan fingerprint density at radius 2 is 1.66 bits per heavy atom. The van der Waals surface area contributed by atoms with Crippen LogP contribution in [0.2, 0.25) is 0 Å². The average Bonchev–Trinajstić information content (AvgIpc) is 2.80. The molecule has 4 heterocycles. The van der Waals surface area contributed by atoms with Crippen molar-refractivity contribution in [2.24, 2.45) is 0 Å². The maximum Gasteiger partial charge on any atom is 0.0972 e. The Morgan fingerprint density at radius 1 is 0.793 bits per heavy atom. The van der Waals surface area contributed by atoms with Crippen molar-refractivity contribution in [3.63, 3.8) is 0 Å². The molecule has 0 bridgehead atoms. The molecule has 0 amide bonds. The zero-order chi connectivity index (χ0) is 19.5. The van der Waals surface area contributed by atoms with Crippen LogP contribution in [0, 0.1) is 0 Å². The number of aromatic nitrogens is 3. The van der Waals surface area contributed by atoms with Crippen molar-refractivity contribution in [3.05, 3.63) is 73.2 Å². The van der Waals surface area contributed by atoms with Crippen molar-refractivity contribution >= 4 is 23.0 Å². The minimum Gasteiger partial charge on any atom is -0.265 e. The summed E-state index contributed by atoms with van der Waals surface area (Å²) in [6.45, 7) is 2.34. The highest BCUT2D eigenvalue weighted by Crippen LogP contribution is 2.31. The Balaban J connectivity index is 1.51. The normalized spacial score (nSPS) is 14.9. The lowest BCUT2D eigenvalue weighted by Crippen LogP contribution is -2.22. The number of nitrogens with zero attached hydrogens (tertiary/aromatic N) is 4. The van der Waals surface area contributed by atoms with Crippen molar-refractivity contribution in [2.75, 3.05) is 13.1 Å². The van der Waals surface area contributed by atoms with Crippen LogP contribution in [0.25, 0.3) is 33.4 Å². The van der Waals surface area contributed by atoms with Gasteiger partial charge in [-0.05, 0) is 72.8 Å². The number of hydrogen-bond donors (Lipinski definition) is 0. The van der Waals surface area contributed by atoms with Gasteiger partial charge in [0.2, 0.25) is 0 Å². The van der Waals surface area contributed by atoms with E-state index >= 15 is 0 Å². The highest BCUT2D eigenvalue weighted by molar-refractivity contribution is 7.97. The molecule has 0 spiro atoms. The maximum atomic E-state index is 5.00. The lowest BCUT2D eigenvalue weighted by atomic mass is 10.0. The number of piperidine rings is 1. The molecule has 1 saturated heterocycles. The minimum absolute atomic E-state index is 0.905. The monoisotopic (exact) mass is 398 g/mol. The Hall–Kier alpha value is -2.76. The van der Waals surface area contributed by atoms with E-state index in [4.69, 9.17) is 4.98 Å². The van der Waals surface area contributed by atoms with Gasteiger partial charge in [-0.25, -0.2) is 9.29 Å². The van der Waals surface area contributed by atoms with E-state index in [1.165, 1.54) is 37.2 Å². The Kier molecular flexibility index (Phi) is 5.24. The summed E-state index contributed by atoms with van der Waals surface area (Å²) in [5, 5.41) is 0. The van der Waals surface area contributed by atoms with Crippen molar-refractivity contribution in [1.82, 2.24) is 19.3 Å². The predicted molar refractivity (Wildman–Crippen MR) is 119 cm³/mol. The molecule has 0 unspecified atom stereocenters. The van der Waals surface area contributed by atoms with Gasteiger partial charge in [0.05, 0.1) is 16.7 Å². The zero-order valence-electron chi connectivity index (χ0n) is 16.2. The number of rotatable bonds is 4. The molecule has 5 rings (SSSR count). The summed E-state index contributed by atoms with van der Waals surface area (Å²) >= 11 is 1.86. The lowest BCUT2D eigenvalue weighted by molar-refractivity contribution is 0.380. The van der Waals surface area contributed by atoms with E-state index in [9.17, 15) is 0 Å². The molecule has 4 nitrogen and oxygen atoms in total. The van der Waals surface area contributed by atoms with Crippen LogP contribution in [-0.4, -0.2) is 32.3 Å². The molecule has 1 aliphatic heterocycles. The third-order valence-electron chi connectivity index (χ3n) is 5.25. The van der Waals surface area contributed by atoms with Crippen LogP contribution in [0.15, 0.2) is 78.1 Å². The summed E-state index contributed by atoms with van der Waals surface area (Å²) in [7, 11) is 0. The molecule has 1 aromatic carbocycles. The molecule has 0 atom stereocenters. The zero-order valence-corrected chi connectivity index (χ0v) is 17.0. The van der Waals surface area contributed by atoms with Crippen LogP contribution >= 0.6 is 11.9 Å². The molecule has 1 fully saturated rings. The van der Waals surface area contributed by atoms with Gasteiger partial charge in [-0.1, -0.05) is 18.6 Å². The standard InChI is InChI=1S/C24H22N4S/c1-2-15-28(16-3-1)29-20-6-4-5-19(17-20)22-7-8-23-24(27-22)21(11-14-26-23)18-9-12-25-13-10-18/h4-14,17H,1-3,15-16H2. The molecule has 4 aromatic rings. The fourth-order valence-corrected chi connectivity index (χ4v) is 4.83. The van der Waals surface area contributed by atoms with E-state index in [1.54, 1.807) is 0 Å². The summed E-state index contributed by atoms with van der Waals surface area (Å²) in [4.78, 5) is 14.9. The fourth-order valence-electron chi connectivity index (χ4n) is 3.77.